The van der Waals surface area contributed by atoms with Crippen molar-refractivity contribution in [3.8, 4) is 0 Å². The Balaban J connectivity index is 0.00000261. The van der Waals surface area contributed by atoms with Crippen LogP contribution in [0.4, 0.5) is 5.69 Å². The van der Waals surface area contributed by atoms with E-state index in [0.717, 1.165) is 5.56 Å². The first-order valence-electron chi connectivity index (χ1n) is 8.61. The summed E-state index contributed by atoms with van der Waals surface area (Å²) >= 11 is 0. The van der Waals surface area contributed by atoms with E-state index in [0.29, 0.717) is 25.4 Å². The number of hydrogen-bond acceptors (Lipinski definition) is 5. The number of benzene rings is 1. The third-order valence-corrected chi connectivity index (χ3v) is 4.14. The molecular formula is C18H24ClN5O3. The van der Waals surface area contributed by atoms with Crippen molar-refractivity contribution < 1.29 is 14.3 Å². The molecule has 2 amide bonds. The average molecular weight is 394 g/mol. The summed E-state index contributed by atoms with van der Waals surface area (Å²) in [5.41, 5.74) is 1.58. The van der Waals surface area contributed by atoms with Crippen LogP contribution in [0.15, 0.2) is 42.7 Å². The molecule has 0 unspecified atom stereocenters. The van der Waals surface area contributed by atoms with Crippen molar-refractivity contribution in [1.82, 2.24) is 20.4 Å². The number of hydrogen-bond donors (Lipinski definition) is 3. The summed E-state index contributed by atoms with van der Waals surface area (Å²) < 4.78 is 7.05. The maximum atomic E-state index is 12.3. The highest BCUT2D eigenvalue weighted by molar-refractivity contribution is 5.90. The first kappa shape index (κ1) is 20.9. The van der Waals surface area contributed by atoms with Crippen molar-refractivity contribution in [1.29, 1.82) is 0 Å². The Morgan fingerprint density at radius 2 is 2.22 bits per heavy atom. The van der Waals surface area contributed by atoms with Gasteiger partial charge in [-0.3, -0.25) is 14.3 Å². The van der Waals surface area contributed by atoms with E-state index in [4.69, 9.17) is 4.74 Å². The van der Waals surface area contributed by atoms with Crippen molar-refractivity contribution in [3.63, 3.8) is 0 Å². The molecule has 1 aromatic carbocycles. The molecule has 1 fully saturated rings. The maximum absolute atomic E-state index is 12.3. The van der Waals surface area contributed by atoms with Crippen LogP contribution < -0.4 is 16.0 Å². The molecule has 0 spiro atoms. The minimum atomic E-state index is -0.347. The molecule has 1 aromatic heterocycles. The number of carbonyl (C=O) groups is 2. The summed E-state index contributed by atoms with van der Waals surface area (Å²) in [6, 6.07) is 8.82. The van der Waals surface area contributed by atoms with Crippen molar-refractivity contribution in [2.45, 2.75) is 32.2 Å². The highest BCUT2D eigenvalue weighted by Gasteiger charge is 2.27. The lowest BCUT2D eigenvalue weighted by Crippen LogP contribution is -2.55. The van der Waals surface area contributed by atoms with E-state index in [-0.39, 0.29) is 42.9 Å². The van der Waals surface area contributed by atoms with Crippen molar-refractivity contribution in [2.75, 3.05) is 18.5 Å². The van der Waals surface area contributed by atoms with Gasteiger partial charge in [0.1, 0.15) is 12.6 Å². The minimum Gasteiger partial charge on any atom is -0.375 e. The third-order valence-electron chi connectivity index (χ3n) is 4.14. The topological polar surface area (TPSA) is 97.3 Å². The molecule has 0 aliphatic carbocycles. The number of nitrogens with zero attached hydrogens (tertiary/aromatic N) is 2. The zero-order valence-electron chi connectivity index (χ0n) is 15.1. The Labute approximate surface area is 164 Å². The van der Waals surface area contributed by atoms with Gasteiger partial charge in [-0.2, -0.15) is 5.10 Å². The molecule has 9 heteroatoms. The molecule has 3 N–H and O–H groups in total. The largest absolute Gasteiger partial charge is 0.375 e. The summed E-state index contributed by atoms with van der Waals surface area (Å²) in [6.45, 7) is 3.70. The van der Waals surface area contributed by atoms with Gasteiger partial charge in [0.25, 0.3) is 0 Å². The molecule has 2 heterocycles. The lowest BCUT2D eigenvalue weighted by molar-refractivity contribution is -0.129. The molecule has 2 atom stereocenters. The number of halogens is 1. The molecule has 1 aliphatic heterocycles. The van der Waals surface area contributed by atoms with E-state index in [2.05, 4.69) is 21.0 Å². The van der Waals surface area contributed by atoms with E-state index in [1.807, 2.05) is 31.2 Å². The number of morpholine rings is 1. The minimum absolute atomic E-state index is 0. The molecule has 27 heavy (non-hydrogen) atoms. The highest BCUT2D eigenvalue weighted by Crippen LogP contribution is 2.11. The number of anilines is 1. The van der Waals surface area contributed by atoms with Gasteiger partial charge >= 0.3 is 0 Å². The Kier molecular flexibility index (Phi) is 7.78. The quantitative estimate of drug-likeness (QED) is 0.678. The van der Waals surface area contributed by atoms with Gasteiger partial charge in [0, 0.05) is 31.2 Å². The van der Waals surface area contributed by atoms with E-state index in [1.54, 1.807) is 23.1 Å². The van der Waals surface area contributed by atoms with Crippen LogP contribution in [-0.2, 0) is 27.4 Å². The van der Waals surface area contributed by atoms with Gasteiger partial charge in [-0.25, -0.2) is 0 Å². The number of amides is 2. The summed E-state index contributed by atoms with van der Waals surface area (Å²) in [5.74, 6) is -0.252. The monoisotopic (exact) mass is 393 g/mol. The lowest BCUT2D eigenvalue weighted by Gasteiger charge is -2.29. The second-order valence-corrected chi connectivity index (χ2v) is 6.18. The second kappa shape index (κ2) is 10.1. The van der Waals surface area contributed by atoms with Gasteiger partial charge in [-0.15, -0.1) is 12.4 Å². The van der Waals surface area contributed by atoms with Crippen LogP contribution in [0, 0.1) is 0 Å². The summed E-state index contributed by atoms with van der Waals surface area (Å²) in [6.07, 6.45) is 3.20. The molecule has 0 bridgehead atoms. The van der Waals surface area contributed by atoms with E-state index in [9.17, 15) is 9.59 Å². The van der Waals surface area contributed by atoms with Crippen molar-refractivity contribution in [2.24, 2.45) is 0 Å². The smallest absolute Gasteiger partial charge is 0.246 e. The van der Waals surface area contributed by atoms with Crippen LogP contribution in [0.1, 0.15) is 12.5 Å². The van der Waals surface area contributed by atoms with Crippen molar-refractivity contribution in [3.05, 3.63) is 48.3 Å². The average Bonchev–Trinajstić information content (AvgIpc) is 3.13. The molecule has 0 saturated carbocycles. The van der Waals surface area contributed by atoms with Gasteiger partial charge < -0.3 is 20.7 Å². The standard InChI is InChI=1S/C18H23N5O3.ClH/c1-13-17(19-7-9-26-13)18(25)20-11-14-4-2-5-15(10-14)22-16(24)12-23-8-3-6-21-23;/h2-6,8,10,13,17,19H,7,9,11-12H2,1H3,(H,20,25)(H,22,24);1H/t13-,17+;/m1./s1. The molecule has 8 nitrogen and oxygen atoms in total. The fourth-order valence-electron chi connectivity index (χ4n) is 2.83. The number of carbonyl (C=O) groups excluding carboxylic acids is 2. The highest BCUT2D eigenvalue weighted by atomic mass is 35.5. The normalized spacial score (nSPS) is 19.0. The van der Waals surface area contributed by atoms with Crippen LogP contribution in [0.2, 0.25) is 0 Å². The predicted octanol–water partition coefficient (Wildman–Crippen LogP) is 0.937. The van der Waals surface area contributed by atoms with Crippen LogP contribution in [0.25, 0.3) is 0 Å². The SMILES string of the molecule is C[C@H]1OCCN[C@@H]1C(=O)NCc1cccc(NC(=O)Cn2cccn2)c1.Cl. The van der Waals surface area contributed by atoms with Crippen molar-refractivity contribution >= 4 is 29.9 Å². The van der Waals surface area contributed by atoms with Crippen LogP contribution in [-0.4, -0.2) is 46.9 Å². The number of rotatable bonds is 6. The van der Waals surface area contributed by atoms with Gasteiger partial charge in [0.15, 0.2) is 0 Å². The third kappa shape index (κ3) is 6.06. The predicted molar refractivity (Wildman–Crippen MR) is 104 cm³/mol. The number of nitrogens with one attached hydrogen (secondary N) is 3. The molecule has 1 saturated heterocycles. The Hall–Kier alpha value is -2.42. The molecule has 3 rings (SSSR count). The van der Waals surface area contributed by atoms with Gasteiger partial charge in [-0.1, -0.05) is 12.1 Å². The molecule has 0 radical (unpaired) electrons. The van der Waals surface area contributed by atoms with E-state index < -0.39 is 0 Å². The summed E-state index contributed by atoms with van der Waals surface area (Å²) in [7, 11) is 0. The Bertz CT molecular complexity index is 753. The van der Waals surface area contributed by atoms with Gasteiger partial charge in [-0.05, 0) is 30.7 Å². The van der Waals surface area contributed by atoms with E-state index >= 15 is 0 Å². The molecule has 1 aliphatic rings. The molecular weight excluding hydrogens is 370 g/mol. The first-order valence-corrected chi connectivity index (χ1v) is 8.61. The lowest BCUT2D eigenvalue weighted by atomic mass is 10.1. The molecule has 2 aromatic rings. The summed E-state index contributed by atoms with van der Waals surface area (Å²) in [4.78, 5) is 24.3. The van der Waals surface area contributed by atoms with Crippen LogP contribution in [0.5, 0.6) is 0 Å². The Morgan fingerprint density at radius 1 is 1.37 bits per heavy atom. The van der Waals surface area contributed by atoms with Gasteiger partial charge in [0.05, 0.1) is 12.7 Å². The second-order valence-electron chi connectivity index (χ2n) is 6.18. The fourth-order valence-corrected chi connectivity index (χ4v) is 2.83. The fraction of sp³-hybridized carbons (Fsp3) is 0.389. The van der Waals surface area contributed by atoms with Crippen LogP contribution >= 0.6 is 12.4 Å². The number of ether oxygens (including phenoxy) is 1. The zero-order chi connectivity index (χ0) is 18.4. The molecule has 146 valence electrons. The maximum Gasteiger partial charge on any atom is 0.246 e. The Morgan fingerprint density at radius 3 is 2.96 bits per heavy atom. The number of aromatic nitrogens is 2. The van der Waals surface area contributed by atoms with E-state index in [1.165, 1.54) is 0 Å². The summed E-state index contributed by atoms with van der Waals surface area (Å²) in [5, 5.41) is 12.9. The first-order chi connectivity index (χ1) is 12.6. The van der Waals surface area contributed by atoms with Crippen LogP contribution in [0.3, 0.4) is 0 Å². The van der Waals surface area contributed by atoms with Gasteiger partial charge in [0.2, 0.25) is 11.8 Å². The zero-order valence-corrected chi connectivity index (χ0v) is 15.9.